The van der Waals surface area contributed by atoms with Crippen molar-refractivity contribution in [3.63, 3.8) is 0 Å². The smallest absolute Gasteiger partial charge is 0.300 e. The van der Waals surface area contributed by atoms with Gasteiger partial charge in [-0.1, -0.05) is 55.8 Å². The normalized spacial score (nSPS) is 17.4. The van der Waals surface area contributed by atoms with E-state index in [1.807, 2.05) is 32.9 Å². The van der Waals surface area contributed by atoms with Crippen LogP contribution >= 0.6 is 0 Å². The minimum Gasteiger partial charge on any atom is -0.507 e. The van der Waals surface area contributed by atoms with E-state index in [1.165, 1.54) is 29.2 Å². The molecule has 1 saturated heterocycles. The summed E-state index contributed by atoms with van der Waals surface area (Å²) in [6.07, 6.45) is 0. The molecule has 4 rings (SSSR count). The van der Waals surface area contributed by atoms with Crippen LogP contribution in [0.1, 0.15) is 36.6 Å². The van der Waals surface area contributed by atoms with Crippen LogP contribution in [-0.4, -0.2) is 23.4 Å². The second kappa shape index (κ2) is 9.51. The summed E-state index contributed by atoms with van der Waals surface area (Å²) >= 11 is 0. The number of amides is 1. The molecule has 3 aromatic rings. The van der Waals surface area contributed by atoms with Crippen molar-refractivity contribution >= 4 is 23.1 Å². The zero-order valence-corrected chi connectivity index (χ0v) is 19.3. The number of nitrogens with zero attached hydrogens (tertiary/aromatic N) is 1. The van der Waals surface area contributed by atoms with Gasteiger partial charge in [0.2, 0.25) is 0 Å². The average molecular weight is 460 g/mol. The summed E-state index contributed by atoms with van der Waals surface area (Å²) in [7, 11) is 0. The predicted molar refractivity (Wildman–Crippen MR) is 129 cm³/mol. The van der Waals surface area contributed by atoms with Gasteiger partial charge in [-0.05, 0) is 54.8 Å². The number of carbonyl (C=O) groups excluding carboxylic acids is 2. The van der Waals surface area contributed by atoms with Gasteiger partial charge in [-0.15, -0.1) is 0 Å². The minimum absolute atomic E-state index is 0.0572. The van der Waals surface area contributed by atoms with Gasteiger partial charge >= 0.3 is 0 Å². The van der Waals surface area contributed by atoms with Crippen LogP contribution in [0.4, 0.5) is 10.1 Å². The third-order valence-electron chi connectivity index (χ3n) is 5.63. The van der Waals surface area contributed by atoms with Crippen LogP contribution in [0.5, 0.6) is 5.75 Å². The first-order valence-corrected chi connectivity index (χ1v) is 11.1. The van der Waals surface area contributed by atoms with Crippen LogP contribution in [0.15, 0.2) is 78.4 Å². The van der Waals surface area contributed by atoms with E-state index in [4.69, 9.17) is 4.74 Å². The fourth-order valence-electron chi connectivity index (χ4n) is 3.92. The van der Waals surface area contributed by atoms with E-state index in [0.717, 1.165) is 5.56 Å². The van der Waals surface area contributed by atoms with E-state index >= 15 is 0 Å². The molecule has 174 valence electrons. The quantitative estimate of drug-likeness (QED) is 0.288. The lowest BCUT2D eigenvalue weighted by molar-refractivity contribution is -0.132. The SMILES string of the molecule is Cc1ccc(N2C(=O)C(=O)/C(=C(\O)c3cccc(OCC(C)C)c3)C2c2ccc(F)cc2)cc1. The Hall–Kier alpha value is -3.93. The number of halogens is 1. The van der Waals surface area contributed by atoms with E-state index in [1.54, 1.807) is 36.4 Å². The highest BCUT2D eigenvalue weighted by atomic mass is 19.1. The molecule has 34 heavy (non-hydrogen) atoms. The van der Waals surface area contributed by atoms with Crippen molar-refractivity contribution in [1.82, 2.24) is 0 Å². The van der Waals surface area contributed by atoms with Gasteiger partial charge in [-0.25, -0.2) is 4.39 Å². The third-order valence-corrected chi connectivity index (χ3v) is 5.63. The Morgan fingerprint density at radius 2 is 1.71 bits per heavy atom. The maximum Gasteiger partial charge on any atom is 0.300 e. The largest absolute Gasteiger partial charge is 0.507 e. The van der Waals surface area contributed by atoms with Crippen molar-refractivity contribution in [2.24, 2.45) is 5.92 Å². The maximum atomic E-state index is 13.7. The average Bonchev–Trinajstić information content (AvgIpc) is 3.09. The van der Waals surface area contributed by atoms with E-state index in [9.17, 15) is 19.1 Å². The zero-order chi connectivity index (χ0) is 24.4. The van der Waals surface area contributed by atoms with Crippen LogP contribution in [0, 0.1) is 18.7 Å². The monoisotopic (exact) mass is 459 g/mol. The molecule has 0 aromatic heterocycles. The molecular weight excluding hydrogens is 433 g/mol. The Bertz CT molecular complexity index is 1250. The summed E-state index contributed by atoms with van der Waals surface area (Å²) in [6.45, 7) is 6.47. The lowest BCUT2D eigenvalue weighted by Gasteiger charge is -2.25. The fourth-order valence-corrected chi connectivity index (χ4v) is 3.92. The number of aliphatic hydroxyl groups is 1. The molecule has 0 spiro atoms. The molecule has 1 aliphatic rings. The highest BCUT2D eigenvalue weighted by Crippen LogP contribution is 2.42. The molecule has 0 saturated carbocycles. The number of ketones is 1. The molecular formula is C28H26FNO4. The number of Topliss-reactive ketones (excluding diaryl/α,β-unsaturated/α-hetero) is 1. The number of rotatable bonds is 6. The molecule has 1 atom stereocenters. The van der Waals surface area contributed by atoms with E-state index in [2.05, 4.69) is 0 Å². The van der Waals surface area contributed by atoms with E-state index in [-0.39, 0.29) is 11.3 Å². The Labute approximate surface area is 198 Å². The zero-order valence-electron chi connectivity index (χ0n) is 19.3. The van der Waals surface area contributed by atoms with Crippen LogP contribution in [0.2, 0.25) is 0 Å². The summed E-state index contributed by atoms with van der Waals surface area (Å²) in [5.41, 5.74) is 2.32. The van der Waals surface area contributed by atoms with Gasteiger partial charge in [0.15, 0.2) is 0 Å². The third kappa shape index (κ3) is 4.57. The first kappa shape index (κ1) is 23.2. The van der Waals surface area contributed by atoms with Crippen LogP contribution in [0.25, 0.3) is 5.76 Å². The predicted octanol–water partition coefficient (Wildman–Crippen LogP) is 5.80. The highest BCUT2D eigenvalue weighted by Gasteiger charge is 2.47. The van der Waals surface area contributed by atoms with Crippen LogP contribution < -0.4 is 9.64 Å². The molecule has 1 aliphatic heterocycles. The minimum atomic E-state index is -0.913. The standard InChI is InChI=1S/C28H26FNO4/c1-17(2)16-34-23-6-4-5-20(15-23)26(31)24-25(19-9-11-21(29)12-10-19)30(28(33)27(24)32)22-13-7-18(3)8-14-22/h4-15,17,25,31H,16H2,1-3H3/b26-24-. The fraction of sp³-hybridized carbons (Fsp3) is 0.214. The lowest BCUT2D eigenvalue weighted by atomic mass is 9.95. The summed E-state index contributed by atoms with van der Waals surface area (Å²) in [5.74, 6) is -1.45. The number of hydrogen-bond donors (Lipinski definition) is 1. The number of carbonyl (C=O) groups is 2. The van der Waals surface area contributed by atoms with Gasteiger partial charge in [0.05, 0.1) is 18.2 Å². The Kier molecular flexibility index (Phi) is 6.50. The lowest BCUT2D eigenvalue weighted by Crippen LogP contribution is -2.29. The molecule has 6 heteroatoms. The Balaban J connectivity index is 1.85. The first-order chi connectivity index (χ1) is 16.3. The van der Waals surface area contributed by atoms with Crippen molar-refractivity contribution in [1.29, 1.82) is 0 Å². The highest BCUT2D eigenvalue weighted by molar-refractivity contribution is 6.51. The summed E-state index contributed by atoms with van der Waals surface area (Å²) < 4.78 is 19.4. The second-order valence-corrected chi connectivity index (χ2v) is 8.79. The maximum absolute atomic E-state index is 13.7. The van der Waals surface area contributed by atoms with E-state index in [0.29, 0.717) is 35.1 Å². The van der Waals surface area contributed by atoms with Gasteiger partial charge < -0.3 is 9.84 Å². The van der Waals surface area contributed by atoms with Crippen molar-refractivity contribution < 1.29 is 23.8 Å². The topological polar surface area (TPSA) is 66.8 Å². The number of hydrogen-bond acceptors (Lipinski definition) is 4. The molecule has 0 radical (unpaired) electrons. The van der Waals surface area contributed by atoms with Gasteiger partial charge in [0.1, 0.15) is 17.3 Å². The number of aliphatic hydroxyl groups excluding tert-OH is 1. The molecule has 5 nitrogen and oxygen atoms in total. The molecule has 3 aromatic carbocycles. The first-order valence-electron chi connectivity index (χ1n) is 11.1. The van der Waals surface area contributed by atoms with Crippen LogP contribution in [0.3, 0.4) is 0 Å². The summed E-state index contributed by atoms with van der Waals surface area (Å²) in [6, 6.07) is 18.6. The van der Waals surface area contributed by atoms with E-state index < -0.39 is 23.5 Å². The Morgan fingerprint density at radius 1 is 1.03 bits per heavy atom. The van der Waals surface area contributed by atoms with Crippen molar-refractivity contribution in [2.45, 2.75) is 26.8 Å². The summed E-state index contributed by atoms with van der Waals surface area (Å²) in [5, 5.41) is 11.3. The number of aryl methyl sites for hydroxylation is 1. The molecule has 1 unspecified atom stereocenters. The molecule has 0 bridgehead atoms. The Morgan fingerprint density at radius 3 is 2.35 bits per heavy atom. The molecule has 1 fully saturated rings. The number of anilines is 1. The second-order valence-electron chi connectivity index (χ2n) is 8.79. The summed E-state index contributed by atoms with van der Waals surface area (Å²) in [4.78, 5) is 27.7. The van der Waals surface area contributed by atoms with Gasteiger partial charge in [0, 0.05) is 11.3 Å². The molecule has 1 amide bonds. The molecule has 0 aliphatic carbocycles. The molecule has 1 N–H and O–H groups in total. The van der Waals surface area contributed by atoms with Crippen molar-refractivity contribution in [3.8, 4) is 5.75 Å². The van der Waals surface area contributed by atoms with Gasteiger partial charge in [-0.2, -0.15) is 0 Å². The number of benzene rings is 3. The van der Waals surface area contributed by atoms with Gasteiger partial charge in [0.25, 0.3) is 11.7 Å². The van der Waals surface area contributed by atoms with Crippen molar-refractivity contribution in [3.05, 3.63) is 101 Å². The number of ether oxygens (including phenoxy) is 1. The van der Waals surface area contributed by atoms with Crippen LogP contribution in [-0.2, 0) is 9.59 Å². The van der Waals surface area contributed by atoms with Gasteiger partial charge in [-0.3, -0.25) is 14.5 Å². The van der Waals surface area contributed by atoms with Crippen molar-refractivity contribution in [2.75, 3.05) is 11.5 Å². The molecule has 1 heterocycles.